The Hall–Kier alpha value is -3.07. The maximum atomic E-state index is 13.3. The molecular weight excluding hydrogens is 418 g/mol. The molecule has 31 heavy (non-hydrogen) atoms. The van der Waals surface area contributed by atoms with Gasteiger partial charge in [0, 0.05) is 19.2 Å². The second-order valence-corrected chi connectivity index (χ2v) is 10.2. The molecule has 1 saturated heterocycles. The van der Waals surface area contributed by atoms with E-state index in [1.807, 2.05) is 18.2 Å². The SMILES string of the molecule is COc1ccc2c(c1)CCN(C(=O)c1cc(-c3ccco3)n([C@@H]3CCS(=O)(=O)C3)n1)C2. The second-order valence-electron chi connectivity index (χ2n) is 8.00. The van der Waals surface area contributed by atoms with Crippen molar-refractivity contribution in [1.82, 2.24) is 14.7 Å². The molecule has 2 aliphatic rings. The van der Waals surface area contributed by atoms with Crippen molar-refractivity contribution in [3.8, 4) is 17.2 Å². The summed E-state index contributed by atoms with van der Waals surface area (Å²) < 4.78 is 36.5. The minimum absolute atomic E-state index is 0.0228. The maximum Gasteiger partial charge on any atom is 0.274 e. The largest absolute Gasteiger partial charge is 0.497 e. The number of hydrogen-bond donors (Lipinski definition) is 0. The normalized spacial score (nSPS) is 19.9. The Morgan fingerprint density at radius 2 is 2.10 bits per heavy atom. The number of carbonyl (C=O) groups is 1. The lowest BCUT2D eigenvalue weighted by atomic mass is 9.99. The van der Waals surface area contributed by atoms with Gasteiger partial charge in [-0.1, -0.05) is 6.07 Å². The van der Waals surface area contributed by atoms with Crippen molar-refractivity contribution in [3.05, 3.63) is 59.5 Å². The van der Waals surface area contributed by atoms with Crippen molar-refractivity contribution in [2.45, 2.75) is 25.4 Å². The van der Waals surface area contributed by atoms with Crippen molar-refractivity contribution >= 4 is 15.7 Å². The van der Waals surface area contributed by atoms with Crippen LogP contribution in [0.1, 0.15) is 34.1 Å². The van der Waals surface area contributed by atoms with Crippen LogP contribution in [-0.2, 0) is 22.8 Å². The summed E-state index contributed by atoms with van der Waals surface area (Å²) in [5.74, 6) is 1.35. The monoisotopic (exact) mass is 441 g/mol. The number of nitrogens with zero attached hydrogens (tertiary/aromatic N) is 3. The van der Waals surface area contributed by atoms with Crippen LogP contribution in [0.2, 0.25) is 0 Å². The number of ether oxygens (including phenoxy) is 1. The summed E-state index contributed by atoms with van der Waals surface area (Å²) in [6, 6.07) is 10.9. The molecule has 1 fully saturated rings. The van der Waals surface area contributed by atoms with Gasteiger partial charge in [-0.05, 0) is 48.2 Å². The minimum Gasteiger partial charge on any atom is -0.497 e. The van der Waals surface area contributed by atoms with Gasteiger partial charge in [0.15, 0.2) is 21.3 Å². The molecule has 3 aromatic rings. The maximum absolute atomic E-state index is 13.3. The van der Waals surface area contributed by atoms with Crippen molar-refractivity contribution < 1.29 is 22.4 Å². The Morgan fingerprint density at radius 1 is 1.23 bits per heavy atom. The first-order valence-electron chi connectivity index (χ1n) is 10.2. The van der Waals surface area contributed by atoms with E-state index in [-0.39, 0.29) is 23.5 Å². The van der Waals surface area contributed by atoms with Gasteiger partial charge >= 0.3 is 0 Å². The molecule has 0 spiro atoms. The summed E-state index contributed by atoms with van der Waals surface area (Å²) in [6.45, 7) is 1.08. The van der Waals surface area contributed by atoms with Crippen LogP contribution in [0.3, 0.4) is 0 Å². The first-order chi connectivity index (χ1) is 14.9. The molecule has 8 nitrogen and oxygen atoms in total. The fraction of sp³-hybridized carbons (Fsp3) is 0.364. The van der Waals surface area contributed by atoms with Gasteiger partial charge in [0.2, 0.25) is 0 Å². The molecule has 2 aliphatic heterocycles. The molecule has 0 N–H and O–H groups in total. The number of aromatic nitrogens is 2. The highest BCUT2D eigenvalue weighted by molar-refractivity contribution is 7.91. The molecule has 162 valence electrons. The third-order valence-electron chi connectivity index (χ3n) is 6.00. The van der Waals surface area contributed by atoms with Crippen LogP contribution in [0.4, 0.5) is 0 Å². The minimum atomic E-state index is -3.10. The van der Waals surface area contributed by atoms with E-state index >= 15 is 0 Å². The van der Waals surface area contributed by atoms with E-state index in [1.165, 1.54) is 5.56 Å². The molecule has 1 amide bonds. The van der Waals surface area contributed by atoms with Crippen molar-refractivity contribution in [1.29, 1.82) is 0 Å². The summed E-state index contributed by atoms with van der Waals surface area (Å²) in [5, 5.41) is 4.55. The van der Waals surface area contributed by atoms with Gasteiger partial charge < -0.3 is 14.1 Å². The summed E-state index contributed by atoms with van der Waals surface area (Å²) in [6.07, 6.45) is 2.77. The first kappa shape index (κ1) is 19.9. The highest BCUT2D eigenvalue weighted by Gasteiger charge is 2.33. The van der Waals surface area contributed by atoms with Gasteiger partial charge in [-0.2, -0.15) is 5.10 Å². The predicted octanol–water partition coefficient (Wildman–Crippen LogP) is 2.71. The Morgan fingerprint density at radius 3 is 2.81 bits per heavy atom. The zero-order valence-electron chi connectivity index (χ0n) is 17.2. The van der Waals surface area contributed by atoms with E-state index in [2.05, 4.69) is 5.10 Å². The Balaban J connectivity index is 1.45. The second kappa shape index (κ2) is 7.56. The van der Waals surface area contributed by atoms with E-state index in [9.17, 15) is 13.2 Å². The zero-order valence-corrected chi connectivity index (χ0v) is 18.0. The van der Waals surface area contributed by atoms with Crippen molar-refractivity contribution in [3.63, 3.8) is 0 Å². The fourth-order valence-electron chi connectivity index (χ4n) is 4.35. The number of carbonyl (C=O) groups excluding carboxylic acids is 1. The summed E-state index contributed by atoms with van der Waals surface area (Å²) in [7, 11) is -1.46. The smallest absolute Gasteiger partial charge is 0.274 e. The topological polar surface area (TPSA) is 94.6 Å². The molecule has 0 bridgehead atoms. The molecule has 2 aromatic heterocycles. The average Bonchev–Trinajstić information content (AvgIpc) is 3.51. The summed E-state index contributed by atoms with van der Waals surface area (Å²) in [5.41, 5.74) is 3.19. The highest BCUT2D eigenvalue weighted by Crippen LogP contribution is 2.31. The predicted molar refractivity (Wildman–Crippen MR) is 114 cm³/mol. The Labute approximate surface area is 180 Å². The number of furan rings is 1. The average molecular weight is 442 g/mol. The molecular formula is C22H23N3O5S. The third kappa shape index (κ3) is 3.74. The van der Waals surface area contributed by atoms with Crippen LogP contribution in [0.15, 0.2) is 47.1 Å². The molecule has 0 aliphatic carbocycles. The number of amides is 1. The number of benzene rings is 1. The molecule has 5 rings (SSSR count). The molecule has 0 radical (unpaired) electrons. The molecule has 4 heterocycles. The van der Waals surface area contributed by atoms with Gasteiger partial charge in [0.05, 0.1) is 30.9 Å². The van der Waals surface area contributed by atoms with Crippen LogP contribution in [0, 0.1) is 0 Å². The van der Waals surface area contributed by atoms with Crippen LogP contribution in [-0.4, -0.2) is 54.2 Å². The van der Waals surface area contributed by atoms with Gasteiger partial charge in [-0.25, -0.2) is 8.42 Å². The van der Waals surface area contributed by atoms with Gasteiger partial charge in [-0.15, -0.1) is 0 Å². The molecule has 9 heteroatoms. The number of methoxy groups -OCH3 is 1. The summed E-state index contributed by atoms with van der Waals surface area (Å²) >= 11 is 0. The van der Waals surface area contributed by atoms with Gasteiger partial charge in [0.25, 0.3) is 5.91 Å². The van der Waals surface area contributed by atoms with Gasteiger partial charge in [0.1, 0.15) is 11.4 Å². The van der Waals surface area contributed by atoms with Crippen LogP contribution >= 0.6 is 0 Å². The van der Waals surface area contributed by atoms with E-state index in [0.717, 1.165) is 17.7 Å². The lowest BCUT2D eigenvalue weighted by Gasteiger charge is -2.28. The van der Waals surface area contributed by atoms with E-state index in [4.69, 9.17) is 9.15 Å². The lowest BCUT2D eigenvalue weighted by Crippen LogP contribution is -2.36. The summed E-state index contributed by atoms with van der Waals surface area (Å²) in [4.78, 5) is 15.1. The standard InChI is InChI=1S/C22H23N3O5S/c1-29-18-5-4-16-13-24(8-6-15(16)11-18)22(26)19-12-20(21-3-2-9-30-21)25(23-19)17-7-10-31(27,28)14-17/h2-5,9,11-12,17H,6-8,10,13-14H2,1H3/t17-/m1/s1. The number of fused-ring (bicyclic) bond motifs is 1. The first-order valence-corrected chi connectivity index (χ1v) is 12.0. The number of rotatable bonds is 4. The number of hydrogen-bond acceptors (Lipinski definition) is 6. The van der Waals surface area contributed by atoms with Crippen LogP contribution in [0.25, 0.3) is 11.5 Å². The van der Waals surface area contributed by atoms with Crippen molar-refractivity contribution in [2.75, 3.05) is 25.2 Å². The molecule has 1 aromatic carbocycles. The number of sulfone groups is 1. The van der Waals surface area contributed by atoms with E-state index in [0.29, 0.717) is 36.7 Å². The fourth-order valence-corrected chi connectivity index (χ4v) is 6.04. The zero-order chi connectivity index (χ0) is 21.6. The Kier molecular flexibility index (Phi) is 4.85. The lowest BCUT2D eigenvalue weighted by molar-refractivity contribution is 0.0727. The molecule has 0 unspecified atom stereocenters. The van der Waals surface area contributed by atoms with Crippen LogP contribution < -0.4 is 4.74 Å². The van der Waals surface area contributed by atoms with Crippen LogP contribution in [0.5, 0.6) is 5.75 Å². The Bertz CT molecular complexity index is 1230. The highest BCUT2D eigenvalue weighted by atomic mass is 32.2. The van der Waals surface area contributed by atoms with Gasteiger partial charge in [-0.3, -0.25) is 9.48 Å². The van der Waals surface area contributed by atoms with Crippen molar-refractivity contribution in [2.24, 2.45) is 0 Å². The molecule has 1 atom stereocenters. The van der Waals surface area contributed by atoms with E-state index in [1.54, 1.807) is 41.2 Å². The quantitative estimate of drug-likeness (QED) is 0.618. The molecule has 0 saturated carbocycles. The van der Waals surface area contributed by atoms with E-state index < -0.39 is 9.84 Å². The third-order valence-corrected chi connectivity index (χ3v) is 7.75.